The van der Waals surface area contributed by atoms with E-state index in [9.17, 15) is 37.7 Å². The Balaban J connectivity index is 0.693. The summed E-state index contributed by atoms with van der Waals surface area (Å²) in [7, 11) is -4.63. The molecule has 1 saturated carbocycles. The Hall–Kier alpha value is -7.30. The summed E-state index contributed by atoms with van der Waals surface area (Å²) in [6.45, 7) is 10.1. The second-order valence-electron chi connectivity index (χ2n) is 23.0. The number of ether oxygens (including phenoxy) is 1. The SMILES string of the molecule is CC1(C)CCC(CN2CCN(c3ccc(C(=O)NS(=O)(=O)c4ccc(NC[C@H]5CC[C@@H](NCCSc6cccc7c6CN(C6CCC(=O)NC6=O)C7=O)CC5)c([N+](=O)[O-])c4)c(Oc4cnc5[nH]ccc5c4)c3)CC2)=C(c2ccc(Cl)cc2)C1. The molecule has 22 heteroatoms. The summed E-state index contributed by atoms with van der Waals surface area (Å²) >= 11 is 7.93. The number of hydrogen-bond donors (Lipinski definition) is 5. The fourth-order valence-electron chi connectivity index (χ4n) is 12.1. The van der Waals surface area contributed by atoms with Crippen molar-refractivity contribution in [1.82, 2.24) is 35.1 Å². The van der Waals surface area contributed by atoms with Gasteiger partial charge in [0.15, 0.2) is 0 Å². The second kappa shape index (κ2) is 24.5. The van der Waals surface area contributed by atoms with Crippen LogP contribution in [0.3, 0.4) is 0 Å². The number of pyridine rings is 1. The van der Waals surface area contributed by atoms with Crippen LogP contribution in [-0.4, -0.2) is 120 Å². The number of allylic oxidation sites excluding steroid dienone is 1. The van der Waals surface area contributed by atoms with Crippen molar-refractivity contribution < 1.29 is 37.3 Å². The Bertz CT molecular complexity index is 3630. The number of carbonyl (C=O) groups is 4. The molecule has 5 heterocycles. The Morgan fingerprint density at radius 3 is 2.51 bits per heavy atom. The van der Waals surface area contributed by atoms with Crippen molar-refractivity contribution in [1.29, 1.82) is 0 Å². The number of aromatic nitrogens is 2. The predicted octanol–water partition coefficient (Wildman–Crippen LogP) is 9.94. The molecular weight excluding hydrogens is 1120 g/mol. The highest BCUT2D eigenvalue weighted by molar-refractivity contribution is 7.99. The number of piperidine rings is 1. The van der Waals surface area contributed by atoms with Crippen LogP contribution in [0.4, 0.5) is 17.1 Å². The van der Waals surface area contributed by atoms with E-state index in [0.29, 0.717) is 55.6 Å². The van der Waals surface area contributed by atoms with Crippen LogP contribution >= 0.6 is 23.4 Å². The van der Waals surface area contributed by atoms with Gasteiger partial charge in [0.05, 0.1) is 21.6 Å². The zero-order valence-corrected chi connectivity index (χ0v) is 48.8. The number of benzene rings is 4. The van der Waals surface area contributed by atoms with Crippen LogP contribution < -0.4 is 30.3 Å². The van der Waals surface area contributed by atoms with Crippen LogP contribution in [0.15, 0.2) is 119 Å². The normalized spacial score (nSPS) is 20.3. The number of halogens is 1. The van der Waals surface area contributed by atoms with Crippen LogP contribution in [0.25, 0.3) is 16.6 Å². The highest BCUT2D eigenvalue weighted by Gasteiger charge is 2.40. The molecule has 5 aliphatic rings. The van der Waals surface area contributed by atoms with Crippen molar-refractivity contribution in [3.63, 3.8) is 0 Å². The number of nitro benzene ring substituents is 1. The average molecular weight is 1180 g/mol. The minimum Gasteiger partial charge on any atom is -0.455 e. The van der Waals surface area contributed by atoms with E-state index in [4.69, 9.17) is 16.3 Å². The number of anilines is 2. The number of nitrogens with zero attached hydrogens (tertiary/aromatic N) is 5. The number of rotatable bonds is 19. The van der Waals surface area contributed by atoms with Gasteiger partial charge in [0.1, 0.15) is 28.9 Å². The maximum atomic E-state index is 14.2. The van der Waals surface area contributed by atoms with Gasteiger partial charge < -0.3 is 30.2 Å². The highest BCUT2D eigenvalue weighted by Crippen LogP contribution is 2.44. The van der Waals surface area contributed by atoms with Gasteiger partial charge in [0, 0.05) is 115 Å². The first-order valence-electron chi connectivity index (χ1n) is 28.3. The fourth-order valence-corrected chi connectivity index (χ4v) is 14.2. The van der Waals surface area contributed by atoms with Gasteiger partial charge in [-0.15, -0.1) is 11.8 Å². The summed E-state index contributed by atoms with van der Waals surface area (Å²) < 4.78 is 36.5. The van der Waals surface area contributed by atoms with Gasteiger partial charge in [-0.25, -0.2) is 18.1 Å². The van der Waals surface area contributed by atoms with Crippen molar-refractivity contribution in [3.05, 3.63) is 146 Å². The number of nitro groups is 1. The molecule has 4 amide bonds. The maximum absolute atomic E-state index is 14.2. The second-order valence-corrected chi connectivity index (χ2v) is 26.3. The molecule has 2 aromatic heterocycles. The summed E-state index contributed by atoms with van der Waals surface area (Å²) in [4.78, 5) is 77.9. The van der Waals surface area contributed by atoms with Gasteiger partial charge in [-0.2, -0.15) is 0 Å². The number of amides is 4. The van der Waals surface area contributed by atoms with Crippen molar-refractivity contribution >= 4 is 90.7 Å². The third-order valence-corrected chi connectivity index (χ3v) is 19.5. The predicted molar refractivity (Wildman–Crippen MR) is 320 cm³/mol. The smallest absolute Gasteiger partial charge is 0.293 e. The van der Waals surface area contributed by atoms with E-state index in [0.717, 1.165) is 109 Å². The Kier molecular flexibility index (Phi) is 17.0. The lowest BCUT2D eigenvalue weighted by atomic mass is 9.72. The zero-order valence-electron chi connectivity index (χ0n) is 46.4. The molecule has 2 aliphatic carbocycles. The van der Waals surface area contributed by atoms with Gasteiger partial charge in [0.25, 0.3) is 27.5 Å². The molecule has 19 nitrogen and oxygen atoms in total. The van der Waals surface area contributed by atoms with E-state index < -0.39 is 43.4 Å². The van der Waals surface area contributed by atoms with E-state index >= 15 is 0 Å². The fraction of sp³-hybridized carbons (Fsp3) is 0.393. The molecule has 1 atom stereocenters. The van der Waals surface area contributed by atoms with Gasteiger partial charge in [-0.3, -0.25) is 39.5 Å². The molecule has 434 valence electrons. The molecule has 0 radical (unpaired) electrons. The number of H-pyrrole nitrogens is 1. The van der Waals surface area contributed by atoms with Crippen LogP contribution in [-0.2, 0) is 26.2 Å². The van der Waals surface area contributed by atoms with Gasteiger partial charge in [0.2, 0.25) is 11.8 Å². The first-order valence-corrected chi connectivity index (χ1v) is 31.2. The first kappa shape index (κ1) is 57.5. The maximum Gasteiger partial charge on any atom is 0.293 e. The number of hydrogen-bond acceptors (Lipinski definition) is 15. The number of aromatic amines is 1. The Morgan fingerprint density at radius 2 is 1.73 bits per heavy atom. The number of nitrogens with one attached hydrogen (secondary N) is 5. The first-order chi connectivity index (χ1) is 39.9. The van der Waals surface area contributed by atoms with E-state index in [-0.39, 0.29) is 46.6 Å². The number of carbonyl (C=O) groups excluding carboxylic acids is 4. The molecule has 83 heavy (non-hydrogen) atoms. The molecule has 6 aromatic rings. The molecule has 0 bridgehead atoms. The molecule has 1 unspecified atom stereocenters. The molecule has 5 N–H and O–H groups in total. The minimum absolute atomic E-state index is 0.0565. The van der Waals surface area contributed by atoms with Crippen LogP contribution in [0.1, 0.15) is 103 Å². The average Bonchev–Trinajstić information content (AvgIpc) is 4.23. The van der Waals surface area contributed by atoms with Crippen LogP contribution in [0.2, 0.25) is 5.02 Å². The third-order valence-electron chi connectivity index (χ3n) is 16.8. The van der Waals surface area contributed by atoms with Gasteiger partial charge in [-0.05, 0) is 140 Å². The topological polar surface area (TPSA) is 241 Å². The number of sulfonamides is 1. The summed E-state index contributed by atoms with van der Waals surface area (Å²) in [5.74, 6) is -0.484. The molecule has 3 aliphatic heterocycles. The van der Waals surface area contributed by atoms with E-state index in [1.54, 1.807) is 53.2 Å². The third kappa shape index (κ3) is 13.2. The summed E-state index contributed by atoms with van der Waals surface area (Å²) in [5, 5.41) is 23.2. The lowest BCUT2D eigenvalue weighted by Crippen LogP contribution is -2.52. The van der Waals surface area contributed by atoms with Crippen LogP contribution in [0.5, 0.6) is 11.5 Å². The van der Waals surface area contributed by atoms with Crippen molar-refractivity contribution in [3.8, 4) is 11.5 Å². The largest absolute Gasteiger partial charge is 0.455 e. The quantitative estimate of drug-likeness (QED) is 0.0167. The molecule has 2 saturated heterocycles. The molecule has 11 rings (SSSR count). The lowest BCUT2D eigenvalue weighted by Gasteiger charge is -2.39. The van der Waals surface area contributed by atoms with Crippen molar-refractivity contribution in [2.75, 3.05) is 61.8 Å². The minimum atomic E-state index is -4.63. The zero-order chi connectivity index (χ0) is 58.0. The number of fused-ring (bicyclic) bond motifs is 2. The Labute approximate surface area is 491 Å². The molecule has 0 spiro atoms. The lowest BCUT2D eigenvalue weighted by molar-refractivity contribution is -0.384. The summed E-state index contributed by atoms with van der Waals surface area (Å²) in [6, 6.07) is 25.7. The van der Waals surface area contributed by atoms with E-state index in [1.807, 2.05) is 30.3 Å². The highest BCUT2D eigenvalue weighted by atomic mass is 35.5. The molecule has 4 aromatic carbocycles. The van der Waals surface area contributed by atoms with E-state index in [1.165, 1.54) is 35.0 Å². The molecule has 3 fully saturated rings. The number of imide groups is 1. The standard InChI is InChI=1S/C61H67ClN10O9S2/c1-61(2)22-20-41(49(33-61)39-8-10-42(62)11-9-39)36-69-25-27-70(28-26-69)44-14-16-48(54(31-44)81-45-30-40-21-23-64-57(40)66-35-45)58(74)68-83(79,80)46-15-17-51(53(32-46)72(77)78)65-34-38-6-12-43(13-7-38)63-24-29-82-55-5-3-4-47-50(55)37-71(60(47)76)52-18-19-56(73)67-59(52)75/h3-5,8-11,14-17,21,23,30-32,35,38,43,52,63,65H,6-7,12-13,18-20,22,24-29,33-34,36-37H2,1-2H3,(H,64,66)(H,68,74)(H,67,73,75)/t38-,43+,52?. The number of piperazine rings is 1. The van der Waals surface area contributed by atoms with Crippen molar-refractivity contribution in [2.45, 2.75) is 100 Å². The van der Waals surface area contributed by atoms with E-state index in [2.05, 4.69) is 66.4 Å². The van der Waals surface area contributed by atoms with Gasteiger partial charge in [-0.1, -0.05) is 49.2 Å². The van der Waals surface area contributed by atoms with Gasteiger partial charge >= 0.3 is 0 Å². The summed E-state index contributed by atoms with van der Waals surface area (Å²) in [5.41, 5.74) is 6.89. The number of thioether (sulfide) groups is 1. The molecular formula is C61H67ClN10O9S2. The monoisotopic (exact) mass is 1180 g/mol. The Morgan fingerprint density at radius 1 is 0.940 bits per heavy atom. The van der Waals surface area contributed by atoms with Crippen molar-refractivity contribution in [2.24, 2.45) is 11.3 Å². The summed E-state index contributed by atoms with van der Waals surface area (Å²) in [6.07, 6.45) is 10.5. The van der Waals surface area contributed by atoms with Crippen LogP contribution in [0, 0.1) is 21.4 Å².